The summed E-state index contributed by atoms with van der Waals surface area (Å²) in [6, 6.07) is 3.87. The van der Waals surface area contributed by atoms with E-state index in [-0.39, 0.29) is 0 Å². The quantitative estimate of drug-likeness (QED) is 0.309. The van der Waals surface area contributed by atoms with Crippen molar-refractivity contribution in [1.82, 2.24) is 14.9 Å². The van der Waals surface area contributed by atoms with Crippen molar-refractivity contribution in [2.24, 2.45) is 5.16 Å². The normalized spacial score (nSPS) is 15.8. The number of rotatable bonds is 7. The summed E-state index contributed by atoms with van der Waals surface area (Å²) in [4.78, 5) is 16.8. The van der Waals surface area contributed by atoms with Gasteiger partial charge >= 0.3 is 0 Å². The Kier molecular flexibility index (Phi) is 6.03. The Hall–Kier alpha value is -2.93. The summed E-state index contributed by atoms with van der Waals surface area (Å²) in [6.07, 6.45) is 7.77. The molecule has 6 nitrogen and oxygen atoms in total. The number of thiazole rings is 1. The second kappa shape index (κ2) is 8.64. The first kappa shape index (κ1) is 18.8. The van der Waals surface area contributed by atoms with Gasteiger partial charge in [-0.15, -0.1) is 11.3 Å². The molecule has 0 atom stereocenters. The third kappa shape index (κ3) is 4.43. The summed E-state index contributed by atoms with van der Waals surface area (Å²) >= 11 is 1.52. The Morgan fingerprint density at radius 3 is 3.04 bits per heavy atom. The van der Waals surface area contributed by atoms with E-state index in [2.05, 4.69) is 33.2 Å². The van der Waals surface area contributed by atoms with Gasteiger partial charge in [-0.25, -0.2) is 4.98 Å². The van der Waals surface area contributed by atoms with Crippen molar-refractivity contribution in [2.75, 3.05) is 20.2 Å². The van der Waals surface area contributed by atoms with E-state index in [9.17, 15) is 0 Å². The van der Waals surface area contributed by atoms with Gasteiger partial charge in [0.05, 0.1) is 10.6 Å². The number of ether oxygens (including phenoxy) is 1. The average Bonchev–Trinajstić information content (AvgIpc) is 3.18. The maximum Gasteiger partial charge on any atom is 0.200 e. The van der Waals surface area contributed by atoms with Crippen LogP contribution in [0.15, 0.2) is 66.6 Å². The molecule has 0 saturated heterocycles. The van der Waals surface area contributed by atoms with Crippen molar-refractivity contribution in [3.63, 3.8) is 0 Å². The smallest absolute Gasteiger partial charge is 0.200 e. The Bertz CT molecular complexity index is 886. The van der Waals surface area contributed by atoms with Gasteiger partial charge in [-0.3, -0.25) is 4.98 Å². The predicted molar refractivity (Wildman–Crippen MR) is 109 cm³/mol. The molecule has 0 N–H and O–H groups in total. The van der Waals surface area contributed by atoms with E-state index in [4.69, 9.17) is 9.57 Å². The summed E-state index contributed by atoms with van der Waals surface area (Å²) in [7, 11) is 1.99. The fourth-order valence-electron chi connectivity index (χ4n) is 2.60. The largest absolute Gasteiger partial charge is 0.440 e. The topological polar surface area (TPSA) is 59.8 Å². The summed E-state index contributed by atoms with van der Waals surface area (Å²) in [5.41, 5.74) is 2.78. The first-order valence-electron chi connectivity index (χ1n) is 8.55. The highest BCUT2D eigenvalue weighted by atomic mass is 32.1. The molecule has 0 spiro atoms. The zero-order valence-electron chi connectivity index (χ0n) is 15.5. The lowest BCUT2D eigenvalue weighted by atomic mass is 10.1. The third-order valence-corrected chi connectivity index (χ3v) is 5.15. The minimum absolute atomic E-state index is 0.382. The molecule has 7 heteroatoms. The number of hydrogen-bond donors (Lipinski definition) is 0. The molecule has 0 aromatic carbocycles. The Morgan fingerprint density at radius 1 is 1.44 bits per heavy atom. The van der Waals surface area contributed by atoms with Crippen LogP contribution in [-0.2, 0) is 9.57 Å². The van der Waals surface area contributed by atoms with Crippen LogP contribution in [0.3, 0.4) is 0 Å². The van der Waals surface area contributed by atoms with Crippen molar-refractivity contribution >= 4 is 22.8 Å². The molecule has 0 aliphatic carbocycles. The number of aromatic nitrogens is 2. The zero-order chi connectivity index (χ0) is 19.2. The summed E-state index contributed by atoms with van der Waals surface area (Å²) < 4.78 is 6.10. The van der Waals surface area contributed by atoms with Gasteiger partial charge in [0, 0.05) is 49.7 Å². The van der Waals surface area contributed by atoms with Crippen LogP contribution in [0, 0.1) is 0 Å². The van der Waals surface area contributed by atoms with Crippen molar-refractivity contribution in [3.05, 3.63) is 66.3 Å². The molecule has 1 aliphatic heterocycles. The Morgan fingerprint density at radius 2 is 2.30 bits per heavy atom. The number of hydrogen-bond acceptors (Lipinski definition) is 7. The maximum absolute atomic E-state index is 6.10. The van der Waals surface area contributed by atoms with Crippen LogP contribution in [-0.4, -0.2) is 40.8 Å². The van der Waals surface area contributed by atoms with E-state index in [0.717, 1.165) is 45.6 Å². The molecule has 2 aromatic rings. The molecule has 3 heterocycles. The number of oxime groups is 1. The summed E-state index contributed by atoms with van der Waals surface area (Å²) in [5.74, 6) is 1.28. The second-order valence-electron chi connectivity index (χ2n) is 6.02. The molecule has 0 amide bonds. The van der Waals surface area contributed by atoms with Gasteiger partial charge in [0.25, 0.3) is 0 Å². The molecule has 0 unspecified atom stereocenters. The standard InChI is InChI=1S/C20H22N4O2S/c1-5-11-25-23-17-8-10-24(4)20(14(17)2)26-15(3)18-13-22-19(27-18)16-7-6-9-21-12-16/h5-7,9,12-13H,1,3,8,10-11H2,2,4H3/b23-17+. The van der Waals surface area contributed by atoms with Crippen molar-refractivity contribution in [3.8, 4) is 10.6 Å². The van der Waals surface area contributed by atoms with Gasteiger partial charge in [-0.05, 0) is 19.1 Å². The Labute approximate surface area is 163 Å². The van der Waals surface area contributed by atoms with Crippen LogP contribution in [0.1, 0.15) is 18.2 Å². The molecule has 2 aromatic heterocycles. The minimum atomic E-state index is 0.382. The first-order valence-corrected chi connectivity index (χ1v) is 9.37. The van der Waals surface area contributed by atoms with E-state index in [1.807, 2.05) is 26.1 Å². The lowest BCUT2D eigenvalue weighted by Crippen LogP contribution is -2.30. The molecule has 0 radical (unpaired) electrons. The summed E-state index contributed by atoms with van der Waals surface area (Å²) in [6.45, 7) is 10.9. The molecule has 0 bridgehead atoms. The number of nitrogens with zero attached hydrogens (tertiary/aromatic N) is 4. The third-order valence-electron chi connectivity index (χ3n) is 4.06. The molecule has 1 aliphatic rings. The molecule has 27 heavy (non-hydrogen) atoms. The van der Waals surface area contributed by atoms with Gasteiger partial charge in [0.2, 0.25) is 5.88 Å². The highest BCUT2D eigenvalue weighted by Crippen LogP contribution is 2.31. The zero-order valence-corrected chi connectivity index (χ0v) is 16.3. The van der Waals surface area contributed by atoms with E-state index in [0.29, 0.717) is 12.4 Å². The van der Waals surface area contributed by atoms with E-state index >= 15 is 0 Å². The van der Waals surface area contributed by atoms with Crippen LogP contribution in [0.5, 0.6) is 0 Å². The van der Waals surface area contributed by atoms with E-state index in [1.165, 1.54) is 11.3 Å². The molecule has 140 valence electrons. The second-order valence-corrected chi connectivity index (χ2v) is 7.05. The monoisotopic (exact) mass is 382 g/mol. The van der Waals surface area contributed by atoms with Gasteiger partial charge < -0.3 is 14.5 Å². The fourth-order valence-corrected chi connectivity index (χ4v) is 3.41. The molecule has 3 rings (SSSR count). The molecular weight excluding hydrogens is 360 g/mol. The van der Waals surface area contributed by atoms with Crippen LogP contribution < -0.4 is 0 Å². The van der Waals surface area contributed by atoms with Crippen molar-refractivity contribution in [1.29, 1.82) is 0 Å². The Balaban J connectivity index is 1.78. The molecular formula is C20H22N4O2S. The van der Waals surface area contributed by atoms with Crippen LogP contribution in [0.25, 0.3) is 16.3 Å². The highest BCUT2D eigenvalue weighted by molar-refractivity contribution is 7.16. The highest BCUT2D eigenvalue weighted by Gasteiger charge is 2.23. The number of allylic oxidation sites excluding steroid dienone is 1. The predicted octanol–water partition coefficient (Wildman–Crippen LogP) is 4.32. The lowest BCUT2D eigenvalue weighted by Gasteiger charge is -2.29. The van der Waals surface area contributed by atoms with Crippen LogP contribution in [0.2, 0.25) is 0 Å². The van der Waals surface area contributed by atoms with E-state index in [1.54, 1.807) is 24.7 Å². The van der Waals surface area contributed by atoms with Crippen molar-refractivity contribution in [2.45, 2.75) is 13.3 Å². The average molecular weight is 382 g/mol. The SMILES string of the molecule is C=CCO/N=C1\CCN(C)C(OC(=C)c2cnc(-c3cccnc3)s2)=C1C. The fraction of sp³-hybridized carbons (Fsp3) is 0.250. The van der Waals surface area contributed by atoms with Crippen LogP contribution >= 0.6 is 11.3 Å². The minimum Gasteiger partial charge on any atom is -0.440 e. The van der Waals surface area contributed by atoms with Gasteiger partial charge in [0.1, 0.15) is 17.4 Å². The lowest BCUT2D eigenvalue weighted by molar-refractivity contribution is 0.170. The van der Waals surface area contributed by atoms with E-state index < -0.39 is 0 Å². The maximum atomic E-state index is 6.10. The number of pyridine rings is 1. The van der Waals surface area contributed by atoms with Gasteiger partial charge in [-0.2, -0.15) is 0 Å². The molecule has 0 fully saturated rings. The van der Waals surface area contributed by atoms with Crippen LogP contribution in [0.4, 0.5) is 0 Å². The van der Waals surface area contributed by atoms with Gasteiger partial charge in [-0.1, -0.05) is 24.4 Å². The summed E-state index contributed by atoms with van der Waals surface area (Å²) in [5, 5.41) is 5.08. The van der Waals surface area contributed by atoms with Gasteiger partial charge in [0.15, 0.2) is 0 Å². The molecule has 0 saturated carbocycles. The first-order chi connectivity index (χ1) is 13.1. The van der Waals surface area contributed by atoms with Crippen molar-refractivity contribution < 1.29 is 9.57 Å².